The first-order chi connectivity index (χ1) is 14.9. The highest BCUT2D eigenvalue weighted by molar-refractivity contribution is 6.30. The Hall–Kier alpha value is -2.36. The van der Waals surface area contributed by atoms with Crippen LogP contribution in [-0.2, 0) is 9.59 Å². The Balaban J connectivity index is 1.94. The van der Waals surface area contributed by atoms with Gasteiger partial charge in [-0.2, -0.15) is 0 Å². The van der Waals surface area contributed by atoms with Crippen LogP contribution in [0.4, 0.5) is 0 Å². The number of piperidine rings is 1. The maximum atomic E-state index is 13.9. The molecule has 160 valence electrons. The van der Waals surface area contributed by atoms with Crippen molar-refractivity contribution in [1.82, 2.24) is 4.90 Å². The minimum atomic E-state index is -0.665. The Morgan fingerprint density at radius 2 is 1.84 bits per heavy atom. The molecule has 1 saturated carbocycles. The van der Waals surface area contributed by atoms with E-state index in [1.165, 1.54) is 0 Å². The lowest BCUT2D eigenvalue weighted by Gasteiger charge is -2.49. The first-order valence-corrected chi connectivity index (χ1v) is 11.3. The molecule has 0 N–H and O–H groups in total. The Bertz CT molecular complexity index is 1050. The number of nitrogens with zero attached hydrogens (tertiary/aromatic N) is 1. The van der Waals surface area contributed by atoms with Crippen LogP contribution in [0.5, 0.6) is 0 Å². The number of likely N-dealkylation sites (tertiary alicyclic amines) is 1. The average molecular weight is 454 g/mol. The smallest absolute Gasteiger partial charge is 0.233 e. The number of hydrogen-bond donors (Lipinski definition) is 0. The Morgan fingerprint density at radius 1 is 1.13 bits per heavy atom. The highest BCUT2D eigenvalue weighted by atomic mass is 35.5. The van der Waals surface area contributed by atoms with Gasteiger partial charge in [-0.3, -0.25) is 9.59 Å². The van der Waals surface area contributed by atoms with Gasteiger partial charge in [-0.25, -0.2) is 0 Å². The van der Waals surface area contributed by atoms with Crippen molar-refractivity contribution >= 4 is 35.4 Å². The molecule has 0 bridgehead atoms. The van der Waals surface area contributed by atoms with Crippen LogP contribution in [0.3, 0.4) is 0 Å². The van der Waals surface area contributed by atoms with Crippen molar-refractivity contribution in [3.8, 4) is 0 Å². The summed E-state index contributed by atoms with van der Waals surface area (Å²) < 4.78 is 0. The van der Waals surface area contributed by atoms with Crippen LogP contribution in [-0.4, -0.2) is 17.1 Å². The molecule has 4 rings (SSSR count). The Morgan fingerprint density at radius 3 is 2.42 bits per heavy atom. The van der Waals surface area contributed by atoms with E-state index in [9.17, 15) is 9.59 Å². The van der Waals surface area contributed by atoms with E-state index < -0.39 is 5.41 Å². The molecule has 1 aliphatic heterocycles. The maximum Gasteiger partial charge on any atom is 0.233 e. The molecule has 1 amide bonds. The fourth-order valence-corrected chi connectivity index (χ4v) is 5.06. The van der Waals surface area contributed by atoms with Gasteiger partial charge in [-0.1, -0.05) is 60.5 Å². The number of amides is 1. The molecule has 2 aromatic rings. The lowest BCUT2D eigenvalue weighted by Crippen LogP contribution is -2.51. The summed E-state index contributed by atoms with van der Waals surface area (Å²) >= 11 is 12.5. The van der Waals surface area contributed by atoms with Crippen molar-refractivity contribution in [3.05, 3.63) is 93.6 Å². The van der Waals surface area contributed by atoms with Gasteiger partial charge in [0.1, 0.15) is 0 Å². The molecule has 5 heteroatoms. The van der Waals surface area contributed by atoms with E-state index in [1.807, 2.05) is 55.5 Å². The number of rotatable bonds is 6. The first-order valence-electron chi connectivity index (χ1n) is 10.5. The molecule has 0 radical (unpaired) electrons. The molecule has 2 fully saturated rings. The highest BCUT2D eigenvalue weighted by Crippen LogP contribution is 2.53. The van der Waals surface area contributed by atoms with Crippen LogP contribution in [0.15, 0.2) is 72.5 Å². The molecule has 3 atom stereocenters. The van der Waals surface area contributed by atoms with Crippen molar-refractivity contribution < 1.29 is 9.59 Å². The molecule has 3 nitrogen and oxygen atoms in total. The second-order valence-corrected chi connectivity index (χ2v) is 9.57. The zero-order chi connectivity index (χ0) is 22.2. The van der Waals surface area contributed by atoms with Gasteiger partial charge in [0, 0.05) is 16.0 Å². The summed E-state index contributed by atoms with van der Waals surface area (Å²) in [7, 11) is 0. The lowest BCUT2D eigenvalue weighted by molar-refractivity contribution is -0.148. The molecule has 0 spiro atoms. The average Bonchev–Trinajstić information content (AvgIpc) is 3.58. The zero-order valence-electron chi connectivity index (χ0n) is 17.5. The second kappa shape index (κ2) is 8.64. The number of allylic oxidation sites excluding steroid dienone is 3. The summed E-state index contributed by atoms with van der Waals surface area (Å²) in [6.45, 7) is 5.85. The predicted molar refractivity (Wildman–Crippen MR) is 125 cm³/mol. The third-order valence-electron chi connectivity index (χ3n) is 6.38. The minimum Gasteiger partial charge on any atom is -0.301 e. The van der Waals surface area contributed by atoms with Gasteiger partial charge >= 0.3 is 0 Å². The van der Waals surface area contributed by atoms with Crippen molar-refractivity contribution in [1.29, 1.82) is 0 Å². The largest absolute Gasteiger partial charge is 0.301 e. The second-order valence-electron chi connectivity index (χ2n) is 8.70. The quantitative estimate of drug-likeness (QED) is 0.271. The fourth-order valence-electron chi connectivity index (χ4n) is 4.74. The number of carbonyl (C=O) groups is 2. The molecule has 1 aliphatic carbocycles. The third-order valence-corrected chi connectivity index (χ3v) is 6.87. The number of halogens is 2. The fraction of sp³-hybridized carbons (Fsp3) is 0.308. The molecule has 1 saturated heterocycles. The maximum absolute atomic E-state index is 13.9. The molecular formula is C26H25Cl2NO2. The van der Waals surface area contributed by atoms with Crippen LogP contribution < -0.4 is 0 Å². The van der Waals surface area contributed by atoms with Crippen LogP contribution in [0.25, 0.3) is 0 Å². The summed E-state index contributed by atoms with van der Waals surface area (Å²) in [5.41, 5.74) is 2.87. The molecule has 2 unspecified atom stereocenters. The standard InChI is InChI=1S/C26H25Cl2NO2/c1-3-13-26(2)15-22(19-5-4-6-21(28)14-19)24(18-9-11-20(27)12-10-18)29(25(26)31)23(16-30)17-7-8-17/h3-6,9-12,14,16,22,24H,1,7-8,13,15H2,2H3/t22?,24-,26?/m1/s1. The van der Waals surface area contributed by atoms with Gasteiger partial charge in [0.15, 0.2) is 6.29 Å². The molecule has 2 aromatic carbocycles. The normalized spacial score (nSPS) is 25.3. The Labute approximate surface area is 193 Å². The van der Waals surface area contributed by atoms with Crippen molar-refractivity contribution in [2.24, 2.45) is 5.41 Å². The predicted octanol–water partition coefficient (Wildman–Crippen LogP) is 6.88. The number of carbonyl (C=O) groups excluding carboxylic acids is 2. The highest BCUT2D eigenvalue weighted by Gasteiger charge is 2.51. The van der Waals surface area contributed by atoms with Crippen LogP contribution in [0.2, 0.25) is 10.0 Å². The first kappa shape index (κ1) is 21.9. The zero-order valence-corrected chi connectivity index (χ0v) is 19.0. The van der Waals surface area contributed by atoms with Gasteiger partial charge in [-0.05, 0) is 66.6 Å². The Kier molecular flexibility index (Phi) is 6.09. The van der Waals surface area contributed by atoms with Crippen molar-refractivity contribution in [3.63, 3.8) is 0 Å². The molecule has 0 aromatic heterocycles. The lowest BCUT2D eigenvalue weighted by atomic mass is 9.67. The third kappa shape index (κ3) is 4.22. The van der Waals surface area contributed by atoms with Crippen molar-refractivity contribution in [2.75, 3.05) is 0 Å². The van der Waals surface area contributed by atoms with E-state index in [4.69, 9.17) is 23.2 Å². The van der Waals surface area contributed by atoms with Crippen molar-refractivity contribution in [2.45, 2.75) is 44.6 Å². The molecule has 1 heterocycles. The van der Waals surface area contributed by atoms with E-state index in [0.29, 0.717) is 28.6 Å². The number of benzene rings is 2. The SMILES string of the molecule is C=CCC1(C)CC(c2cccc(Cl)c2)[C@@H](c2ccc(Cl)cc2)N(C(C=O)=C2CC2)C1=O. The van der Waals surface area contributed by atoms with Gasteiger partial charge in [0.25, 0.3) is 0 Å². The van der Waals surface area contributed by atoms with Gasteiger partial charge in [-0.15, -0.1) is 6.58 Å². The van der Waals surface area contributed by atoms with E-state index in [0.717, 1.165) is 35.8 Å². The van der Waals surface area contributed by atoms with E-state index in [1.54, 1.807) is 11.0 Å². The van der Waals surface area contributed by atoms with E-state index >= 15 is 0 Å². The minimum absolute atomic E-state index is 0.0351. The molecule has 31 heavy (non-hydrogen) atoms. The summed E-state index contributed by atoms with van der Waals surface area (Å²) in [5.74, 6) is -0.0797. The monoisotopic (exact) mass is 453 g/mol. The van der Waals surface area contributed by atoms with E-state index in [-0.39, 0.29) is 17.9 Å². The van der Waals surface area contributed by atoms with Gasteiger partial charge in [0.05, 0.1) is 17.2 Å². The van der Waals surface area contributed by atoms with Crippen LogP contribution >= 0.6 is 23.2 Å². The summed E-state index contributed by atoms with van der Waals surface area (Å²) in [5, 5.41) is 1.28. The van der Waals surface area contributed by atoms with Crippen LogP contribution in [0.1, 0.15) is 55.7 Å². The number of hydrogen-bond acceptors (Lipinski definition) is 2. The van der Waals surface area contributed by atoms with Gasteiger partial charge in [0.2, 0.25) is 5.91 Å². The van der Waals surface area contributed by atoms with Gasteiger partial charge < -0.3 is 4.90 Å². The molecular weight excluding hydrogens is 429 g/mol. The van der Waals surface area contributed by atoms with Crippen LogP contribution in [0, 0.1) is 5.41 Å². The summed E-state index contributed by atoms with van der Waals surface area (Å²) in [4.78, 5) is 27.9. The molecule has 2 aliphatic rings. The topological polar surface area (TPSA) is 37.4 Å². The van der Waals surface area contributed by atoms with E-state index in [2.05, 4.69) is 6.58 Å². The summed E-state index contributed by atoms with van der Waals surface area (Å²) in [6.07, 6.45) is 5.50. The summed E-state index contributed by atoms with van der Waals surface area (Å²) in [6, 6.07) is 15.0. The number of aldehydes is 1.